The Morgan fingerprint density at radius 2 is 2.04 bits per heavy atom. The van der Waals surface area contributed by atoms with Crippen molar-refractivity contribution in [2.75, 3.05) is 25.5 Å². The standard InChI is InChI=1S/C16H20BrFN2O4/c1-9(10-3-5-20(6-4-10)16(22)23)19-13-8-11(15(21)24-2)7-12(18)14(13)17/h7-10,19H,3-6H2,1-2H3,(H,22,23)/t9-/m0/s1. The maximum atomic E-state index is 14.0. The molecule has 1 aliphatic rings. The van der Waals surface area contributed by atoms with Gasteiger partial charge in [-0.05, 0) is 53.7 Å². The Labute approximate surface area is 148 Å². The largest absolute Gasteiger partial charge is 0.465 e. The van der Waals surface area contributed by atoms with E-state index in [4.69, 9.17) is 5.11 Å². The van der Waals surface area contributed by atoms with Crippen LogP contribution in [-0.2, 0) is 4.74 Å². The molecule has 1 fully saturated rings. The highest BCUT2D eigenvalue weighted by Crippen LogP contribution is 2.30. The van der Waals surface area contributed by atoms with Crippen molar-refractivity contribution in [3.8, 4) is 0 Å². The van der Waals surface area contributed by atoms with Gasteiger partial charge in [0.2, 0.25) is 0 Å². The van der Waals surface area contributed by atoms with E-state index >= 15 is 0 Å². The van der Waals surface area contributed by atoms with Crippen molar-refractivity contribution < 1.29 is 23.8 Å². The van der Waals surface area contributed by atoms with Gasteiger partial charge >= 0.3 is 12.1 Å². The maximum absolute atomic E-state index is 14.0. The fourth-order valence-corrected chi connectivity index (χ4v) is 3.23. The summed E-state index contributed by atoms with van der Waals surface area (Å²) in [5.41, 5.74) is 0.608. The molecule has 0 radical (unpaired) electrons. The summed E-state index contributed by atoms with van der Waals surface area (Å²) in [4.78, 5) is 24.0. The lowest BCUT2D eigenvalue weighted by atomic mass is 9.90. The number of nitrogens with one attached hydrogen (secondary N) is 1. The van der Waals surface area contributed by atoms with Crippen LogP contribution in [-0.4, -0.2) is 48.3 Å². The summed E-state index contributed by atoms with van der Waals surface area (Å²) in [6.45, 7) is 2.95. The number of halogens is 2. The number of amides is 1. The normalized spacial score (nSPS) is 16.6. The predicted molar refractivity (Wildman–Crippen MR) is 90.8 cm³/mol. The first-order valence-electron chi connectivity index (χ1n) is 7.65. The molecule has 132 valence electrons. The summed E-state index contributed by atoms with van der Waals surface area (Å²) >= 11 is 3.19. The summed E-state index contributed by atoms with van der Waals surface area (Å²) in [5.74, 6) is -0.891. The molecular formula is C16H20BrFN2O4. The van der Waals surface area contributed by atoms with Crippen LogP contribution in [0.3, 0.4) is 0 Å². The Balaban J connectivity index is 2.09. The number of nitrogens with zero attached hydrogens (tertiary/aromatic N) is 1. The molecule has 0 spiro atoms. The summed E-state index contributed by atoms with van der Waals surface area (Å²) in [7, 11) is 1.24. The van der Waals surface area contributed by atoms with Crippen molar-refractivity contribution in [3.63, 3.8) is 0 Å². The molecule has 1 amide bonds. The fourth-order valence-electron chi connectivity index (χ4n) is 2.88. The zero-order chi connectivity index (χ0) is 17.9. The molecule has 1 aromatic rings. The Hall–Kier alpha value is -1.83. The lowest BCUT2D eigenvalue weighted by molar-refractivity contribution is 0.0600. The average molecular weight is 403 g/mol. The number of ether oxygens (including phenoxy) is 1. The lowest BCUT2D eigenvalue weighted by Crippen LogP contribution is -2.41. The Morgan fingerprint density at radius 3 is 2.58 bits per heavy atom. The van der Waals surface area contributed by atoms with E-state index in [-0.39, 0.29) is 22.0 Å². The number of carbonyl (C=O) groups is 2. The van der Waals surface area contributed by atoms with Gasteiger partial charge in [-0.2, -0.15) is 0 Å². The molecule has 1 atom stereocenters. The zero-order valence-electron chi connectivity index (χ0n) is 13.5. The first-order chi connectivity index (χ1) is 11.3. The summed E-state index contributed by atoms with van der Waals surface area (Å²) in [5, 5.41) is 12.2. The lowest BCUT2D eigenvalue weighted by Gasteiger charge is -2.34. The summed E-state index contributed by atoms with van der Waals surface area (Å²) in [6.07, 6.45) is 0.568. The van der Waals surface area contributed by atoms with Gasteiger partial charge in [0.15, 0.2) is 0 Å². The predicted octanol–water partition coefficient (Wildman–Crippen LogP) is 3.57. The molecule has 0 aromatic heterocycles. The van der Waals surface area contributed by atoms with E-state index in [1.807, 2.05) is 6.92 Å². The van der Waals surface area contributed by atoms with Crippen LogP contribution < -0.4 is 5.32 Å². The van der Waals surface area contributed by atoms with Crippen molar-refractivity contribution in [1.29, 1.82) is 0 Å². The van der Waals surface area contributed by atoms with Crippen LogP contribution in [0, 0.1) is 11.7 Å². The molecule has 2 rings (SSSR count). The third-order valence-electron chi connectivity index (χ3n) is 4.35. The van der Waals surface area contributed by atoms with E-state index in [2.05, 4.69) is 26.0 Å². The number of methoxy groups -OCH3 is 1. The van der Waals surface area contributed by atoms with Gasteiger partial charge in [-0.25, -0.2) is 14.0 Å². The highest BCUT2D eigenvalue weighted by Gasteiger charge is 2.26. The minimum absolute atomic E-state index is 0.00421. The number of carboxylic acid groups (broad SMARTS) is 1. The van der Waals surface area contributed by atoms with Gasteiger partial charge in [-0.1, -0.05) is 0 Å². The quantitative estimate of drug-likeness (QED) is 0.752. The molecule has 24 heavy (non-hydrogen) atoms. The maximum Gasteiger partial charge on any atom is 0.407 e. The number of likely N-dealkylation sites (tertiary alicyclic amines) is 1. The molecule has 0 aliphatic carbocycles. The third-order valence-corrected chi connectivity index (χ3v) is 5.16. The highest BCUT2D eigenvalue weighted by atomic mass is 79.9. The average Bonchev–Trinajstić information content (AvgIpc) is 2.57. The van der Waals surface area contributed by atoms with Gasteiger partial charge in [-0.3, -0.25) is 0 Å². The van der Waals surface area contributed by atoms with Crippen LogP contribution in [0.2, 0.25) is 0 Å². The minimum Gasteiger partial charge on any atom is -0.465 e. The summed E-state index contributed by atoms with van der Waals surface area (Å²) < 4.78 is 18.9. The van der Waals surface area contributed by atoms with E-state index < -0.39 is 17.9 Å². The van der Waals surface area contributed by atoms with Crippen LogP contribution in [0.4, 0.5) is 14.9 Å². The zero-order valence-corrected chi connectivity index (χ0v) is 15.1. The highest BCUT2D eigenvalue weighted by molar-refractivity contribution is 9.10. The second-order valence-corrected chi connectivity index (χ2v) is 6.64. The number of benzene rings is 1. The van der Waals surface area contributed by atoms with E-state index in [0.29, 0.717) is 18.8 Å². The van der Waals surface area contributed by atoms with Crippen molar-refractivity contribution in [2.45, 2.75) is 25.8 Å². The number of rotatable bonds is 4. The van der Waals surface area contributed by atoms with Gasteiger partial charge < -0.3 is 20.1 Å². The molecule has 1 heterocycles. The molecule has 6 nitrogen and oxygen atoms in total. The molecule has 0 unspecified atom stereocenters. The van der Waals surface area contributed by atoms with Crippen molar-refractivity contribution in [2.24, 2.45) is 5.92 Å². The number of carbonyl (C=O) groups excluding carboxylic acids is 1. The van der Waals surface area contributed by atoms with Crippen LogP contribution in [0.25, 0.3) is 0 Å². The monoisotopic (exact) mass is 402 g/mol. The van der Waals surface area contributed by atoms with Gasteiger partial charge in [0, 0.05) is 19.1 Å². The van der Waals surface area contributed by atoms with Crippen LogP contribution >= 0.6 is 15.9 Å². The minimum atomic E-state index is -0.898. The van der Waals surface area contributed by atoms with Gasteiger partial charge in [-0.15, -0.1) is 0 Å². The van der Waals surface area contributed by atoms with E-state index in [1.54, 1.807) is 6.07 Å². The molecule has 1 saturated heterocycles. The van der Waals surface area contributed by atoms with Crippen LogP contribution in [0.5, 0.6) is 0 Å². The van der Waals surface area contributed by atoms with Gasteiger partial charge in [0.25, 0.3) is 0 Å². The molecule has 0 saturated carbocycles. The first-order valence-corrected chi connectivity index (χ1v) is 8.44. The molecule has 2 N–H and O–H groups in total. The smallest absolute Gasteiger partial charge is 0.407 e. The summed E-state index contributed by atoms with van der Waals surface area (Å²) in [6, 6.07) is 2.67. The van der Waals surface area contributed by atoms with E-state index in [9.17, 15) is 14.0 Å². The van der Waals surface area contributed by atoms with Crippen LogP contribution in [0.15, 0.2) is 16.6 Å². The molecule has 8 heteroatoms. The number of hydrogen-bond acceptors (Lipinski definition) is 4. The van der Waals surface area contributed by atoms with Crippen LogP contribution in [0.1, 0.15) is 30.1 Å². The fraction of sp³-hybridized carbons (Fsp3) is 0.500. The molecule has 0 bridgehead atoms. The third kappa shape index (κ3) is 4.17. The molecular weight excluding hydrogens is 383 g/mol. The van der Waals surface area contributed by atoms with Gasteiger partial charge in [0.1, 0.15) is 5.82 Å². The SMILES string of the molecule is COC(=O)c1cc(F)c(Br)c(N[C@@H](C)C2CCN(C(=O)O)CC2)c1. The second-order valence-electron chi connectivity index (χ2n) is 5.85. The van der Waals surface area contributed by atoms with E-state index in [1.165, 1.54) is 12.0 Å². The number of anilines is 1. The second kappa shape index (κ2) is 7.83. The Morgan fingerprint density at radius 1 is 1.42 bits per heavy atom. The van der Waals surface area contributed by atoms with Crippen molar-refractivity contribution in [3.05, 3.63) is 28.0 Å². The van der Waals surface area contributed by atoms with Gasteiger partial charge in [0.05, 0.1) is 22.8 Å². The Kier molecular flexibility index (Phi) is 6.04. The van der Waals surface area contributed by atoms with Crippen molar-refractivity contribution in [1.82, 2.24) is 4.90 Å². The van der Waals surface area contributed by atoms with Crippen molar-refractivity contribution >= 4 is 33.7 Å². The molecule has 1 aliphatic heterocycles. The molecule has 1 aromatic carbocycles. The van der Waals surface area contributed by atoms with E-state index in [0.717, 1.165) is 18.9 Å². The number of esters is 1. The Bertz CT molecular complexity index is 633. The topological polar surface area (TPSA) is 78.9 Å². The number of hydrogen-bond donors (Lipinski definition) is 2. The first kappa shape index (κ1) is 18.5. The number of piperidine rings is 1.